The molecule has 100 valence electrons. The molecule has 0 spiro atoms. The van der Waals surface area contributed by atoms with Crippen LogP contribution in [0.1, 0.15) is 35.3 Å². The van der Waals surface area contributed by atoms with Crippen molar-refractivity contribution in [3.05, 3.63) is 68.9 Å². The Balaban J connectivity index is 2.40. The van der Waals surface area contributed by atoms with E-state index in [-0.39, 0.29) is 11.4 Å². The van der Waals surface area contributed by atoms with Crippen LogP contribution in [0, 0.1) is 12.7 Å². The first kappa shape index (κ1) is 14.2. The summed E-state index contributed by atoms with van der Waals surface area (Å²) in [4.78, 5) is 0. The monoisotopic (exact) mass is 322 g/mol. The van der Waals surface area contributed by atoms with Crippen molar-refractivity contribution < 1.29 is 9.50 Å². The Hall–Kier alpha value is -1.19. The molecule has 0 aromatic heterocycles. The fourth-order valence-electron chi connectivity index (χ4n) is 2.07. The molecular weight excluding hydrogens is 307 g/mol. The number of benzene rings is 2. The first-order chi connectivity index (χ1) is 9.02. The van der Waals surface area contributed by atoms with Crippen LogP contribution in [0.2, 0.25) is 0 Å². The summed E-state index contributed by atoms with van der Waals surface area (Å²) >= 11 is 3.32. The number of aryl methyl sites for hydroxylation is 2. The second kappa shape index (κ2) is 5.85. The summed E-state index contributed by atoms with van der Waals surface area (Å²) in [7, 11) is 0. The van der Waals surface area contributed by atoms with Crippen LogP contribution < -0.4 is 0 Å². The van der Waals surface area contributed by atoms with Crippen molar-refractivity contribution in [1.82, 2.24) is 0 Å². The highest BCUT2D eigenvalue weighted by Crippen LogP contribution is 2.31. The van der Waals surface area contributed by atoms with Gasteiger partial charge < -0.3 is 5.11 Å². The van der Waals surface area contributed by atoms with Crippen molar-refractivity contribution >= 4 is 15.9 Å². The zero-order chi connectivity index (χ0) is 14.0. The Morgan fingerprint density at radius 3 is 2.37 bits per heavy atom. The Kier molecular flexibility index (Phi) is 4.38. The lowest BCUT2D eigenvalue weighted by Gasteiger charge is -2.15. The SMILES string of the molecule is CCc1ccc(C(O)c2c(F)cc(C)cc2Br)cc1. The molecule has 0 aliphatic carbocycles. The number of halogens is 2. The molecule has 2 aromatic carbocycles. The van der Waals surface area contributed by atoms with Gasteiger partial charge in [0.2, 0.25) is 0 Å². The van der Waals surface area contributed by atoms with E-state index in [1.54, 1.807) is 0 Å². The van der Waals surface area contributed by atoms with E-state index >= 15 is 0 Å². The molecule has 0 amide bonds. The highest BCUT2D eigenvalue weighted by molar-refractivity contribution is 9.10. The maximum Gasteiger partial charge on any atom is 0.130 e. The lowest BCUT2D eigenvalue weighted by atomic mass is 9.98. The van der Waals surface area contributed by atoms with Crippen molar-refractivity contribution in [3.63, 3.8) is 0 Å². The van der Waals surface area contributed by atoms with Crippen LogP contribution in [0.5, 0.6) is 0 Å². The van der Waals surface area contributed by atoms with Gasteiger partial charge in [0.1, 0.15) is 11.9 Å². The molecule has 0 radical (unpaired) electrons. The highest BCUT2D eigenvalue weighted by Gasteiger charge is 2.18. The summed E-state index contributed by atoms with van der Waals surface area (Å²) < 4.78 is 14.6. The summed E-state index contributed by atoms with van der Waals surface area (Å²) in [5.41, 5.74) is 3.00. The molecule has 0 heterocycles. The Morgan fingerprint density at radius 2 is 1.84 bits per heavy atom. The number of aliphatic hydroxyl groups excluding tert-OH is 1. The minimum absolute atomic E-state index is 0.287. The van der Waals surface area contributed by atoms with E-state index in [9.17, 15) is 9.50 Å². The third-order valence-electron chi connectivity index (χ3n) is 3.20. The minimum atomic E-state index is -0.958. The first-order valence-electron chi connectivity index (χ1n) is 6.25. The average Bonchev–Trinajstić information content (AvgIpc) is 2.37. The number of hydrogen-bond donors (Lipinski definition) is 1. The fourth-order valence-corrected chi connectivity index (χ4v) is 2.84. The van der Waals surface area contributed by atoms with Gasteiger partial charge in [-0.3, -0.25) is 0 Å². The molecule has 0 aliphatic heterocycles. The third-order valence-corrected chi connectivity index (χ3v) is 3.86. The Bertz CT molecular complexity index is 555. The summed E-state index contributed by atoms with van der Waals surface area (Å²) in [5, 5.41) is 10.3. The summed E-state index contributed by atoms with van der Waals surface area (Å²) in [6, 6.07) is 10.8. The normalized spacial score (nSPS) is 12.5. The molecule has 0 saturated carbocycles. The van der Waals surface area contributed by atoms with E-state index in [0.29, 0.717) is 10.0 Å². The van der Waals surface area contributed by atoms with Crippen molar-refractivity contribution in [3.8, 4) is 0 Å². The van der Waals surface area contributed by atoms with Crippen LogP contribution in [-0.2, 0) is 6.42 Å². The lowest BCUT2D eigenvalue weighted by Crippen LogP contribution is -2.04. The summed E-state index contributed by atoms with van der Waals surface area (Å²) in [6.45, 7) is 3.89. The smallest absolute Gasteiger partial charge is 0.130 e. The molecule has 0 fully saturated rings. The molecule has 3 heteroatoms. The maximum absolute atomic E-state index is 14.0. The van der Waals surface area contributed by atoms with Gasteiger partial charge in [-0.15, -0.1) is 0 Å². The molecular formula is C16H16BrFO. The molecule has 1 nitrogen and oxygen atoms in total. The first-order valence-corrected chi connectivity index (χ1v) is 7.04. The number of aliphatic hydroxyl groups is 1. The van der Waals surface area contributed by atoms with E-state index in [0.717, 1.165) is 12.0 Å². The largest absolute Gasteiger partial charge is 0.384 e. The van der Waals surface area contributed by atoms with Crippen LogP contribution in [0.25, 0.3) is 0 Å². The molecule has 0 saturated heterocycles. The quantitative estimate of drug-likeness (QED) is 0.879. The number of hydrogen-bond acceptors (Lipinski definition) is 1. The van der Waals surface area contributed by atoms with Crippen LogP contribution in [-0.4, -0.2) is 5.11 Å². The Labute approximate surface area is 121 Å². The molecule has 1 atom stereocenters. The molecule has 1 N–H and O–H groups in total. The van der Waals surface area contributed by atoms with Crippen LogP contribution in [0.15, 0.2) is 40.9 Å². The van der Waals surface area contributed by atoms with Gasteiger partial charge in [-0.2, -0.15) is 0 Å². The Morgan fingerprint density at radius 1 is 1.21 bits per heavy atom. The number of rotatable bonds is 3. The zero-order valence-electron chi connectivity index (χ0n) is 11.0. The molecule has 1 unspecified atom stereocenters. The van der Waals surface area contributed by atoms with Gasteiger partial charge in [-0.1, -0.05) is 47.1 Å². The average molecular weight is 323 g/mol. The molecule has 0 aliphatic rings. The van der Waals surface area contributed by atoms with Gasteiger partial charge in [0, 0.05) is 10.0 Å². The van der Waals surface area contributed by atoms with Gasteiger partial charge in [0.15, 0.2) is 0 Å². The third kappa shape index (κ3) is 3.04. The lowest BCUT2D eigenvalue weighted by molar-refractivity contribution is 0.214. The van der Waals surface area contributed by atoms with Crippen molar-refractivity contribution in [2.24, 2.45) is 0 Å². The second-order valence-electron chi connectivity index (χ2n) is 4.64. The van der Waals surface area contributed by atoms with E-state index in [1.165, 1.54) is 11.6 Å². The molecule has 2 aromatic rings. The van der Waals surface area contributed by atoms with Crippen LogP contribution in [0.4, 0.5) is 4.39 Å². The highest BCUT2D eigenvalue weighted by atomic mass is 79.9. The fraction of sp³-hybridized carbons (Fsp3) is 0.250. The van der Waals surface area contributed by atoms with Crippen LogP contribution >= 0.6 is 15.9 Å². The minimum Gasteiger partial charge on any atom is -0.384 e. The standard InChI is InChI=1S/C16H16BrFO/c1-3-11-4-6-12(7-5-11)16(19)15-13(17)8-10(2)9-14(15)18/h4-9,16,19H,3H2,1-2H3. The van der Waals surface area contributed by atoms with Gasteiger partial charge in [0.05, 0.1) is 0 Å². The summed E-state index contributed by atoms with van der Waals surface area (Å²) in [5.74, 6) is -0.390. The van der Waals surface area contributed by atoms with E-state index in [4.69, 9.17) is 0 Å². The van der Waals surface area contributed by atoms with Crippen molar-refractivity contribution in [1.29, 1.82) is 0 Å². The predicted octanol–water partition coefficient (Wildman–Crippen LogP) is 4.54. The molecule has 0 bridgehead atoms. The predicted molar refractivity (Wildman–Crippen MR) is 78.7 cm³/mol. The van der Waals surface area contributed by atoms with Gasteiger partial charge in [-0.05, 0) is 42.2 Å². The van der Waals surface area contributed by atoms with Crippen molar-refractivity contribution in [2.45, 2.75) is 26.4 Å². The van der Waals surface area contributed by atoms with Gasteiger partial charge in [-0.25, -0.2) is 4.39 Å². The van der Waals surface area contributed by atoms with Crippen molar-refractivity contribution in [2.75, 3.05) is 0 Å². The topological polar surface area (TPSA) is 20.2 Å². The maximum atomic E-state index is 14.0. The summed E-state index contributed by atoms with van der Waals surface area (Å²) in [6.07, 6.45) is -0.0141. The van der Waals surface area contributed by atoms with E-state index < -0.39 is 6.10 Å². The molecule has 2 rings (SSSR count). The van der Waals surface area contributed by atoms with E-state index in [1.807, 2.05) is 37.3 Å². The molecule has 19 heavy (non-hydrogen) atoms. The van der Waals surface area contributed by atoms with Gasteiger partial charge in [0.25, 0.3) is 0 Å². The van der Waals surface area contributed by atoms with Crippen LogP contribution in [0.3, 0.4) is 0 Å². The van der Waals surface area contributed by atoms with E-state index in [2.05, 4.69) is 22.9 Å². The van der Waals surface area contributed by atoms with Gasteiger partial charge >= 0.3 is 0 Å². The zero-order valence-corrected chi connectivity index (χ0v) is 12.5. The second-order valence-corrected chi connectivity index (χ2v) is 5.49.